The second-order valence-electron chi connectivity index (χ2n) is 11.1. The zero-order valence-corrected chi connectivity index (χ0v) is 17.5. The van der Waals surface area contributed by atoms with E-state index in [1.165, 1.54) is 56.9 Å². The van der Waals surface area contributed by atoms with Crippen LogP contribution in [0.1, 0.15) is 91.9 Å². The van der Waals surface area contributed by atoms with Gasteiger partial charge in [0.15, 0.2) is 0 Å². The van der Waals surface area contributed by atoms with Gasteiger partial charge in [-0.2, -0.15) is 0 Å². The van der Waals surface area contributed by atoms with E-state index in [1.807, 2.05) is 5.57 Å². The van der Waals surface area contributed by atoms with Gasteiger partial charge in [0.1, 0.15) is 0 Å². The van der Waals surface area contributed by atoms with Crippen molar-refractivity contribution in [2.75, 3.05) is 0 Å². The van der Waals surface area contributed by atoms with E-state index in [-0.39, 0.29) is 13.5 Å². The average Bonchev–Trinajstić information content (AvgIpc) is 3.00. The summed E-state index contributed by atoms with van der Waals surface area (Å²) in [5, 5.41) is 10.2. The highest BCUT2D eigenvalue weighted by Gasteiger charge is 2.59. The number of aliphatic hydroxyl groups is 1. The van der Waals surface area contributed by atoms with Crippen LogP contribution in [-0.2, 0) is 0 Å². The lowest BCUT2D eigenvalue weighted by Crippen LogP contribution is -2.53. The third-order valence-corrected chi connectivity index (χ3v) is 10.0. The van der Waals surface area contributed by atoms with Crippen molar-refractivity contribution in [1.82, 2.24) is 0 Å². The van der Waals surface area contributed by atoms with Gasteiger partial charge in [-0.15, -0.1) is 0 Å². The maximum atomic E-state index is 10.2. The minimum Gasteiger partial charge on any atom is -0.393 e. The molecule has 0 saturated heterocycles. The summed E-state index contributed by atoms with van der Waals surface area (Å²) in [5.41, 5.74) is 5.74. The van der Waals surface area contributed by atoms with Gasteiger partial charge in [0.05, 0.1) is 6.10 Å². The maximum absolute atomic E-state index is 10.2. The molecule has 0 aromatic carbocycles. The van der Waals surface area contributed by atoms with Crippen molar-refractivity contribution in [3.63, 3.8) is 0 Å². The highest BCUT2D eigenvalue weighted by Crippen LogP contribution is 2.67. The van der Waals surface area contributed by atoms with Gasteiger partial charge < -0.3 is 5.11 Å². The Morgan fingerprint density at radius 2 is 1.75 bits per heavy atom. The molecule has 1 heteroatoms. The lowest BCUT2D eigenvalue weighted by molar-refractivity contribution is -0.116. The predicted molar refractivity (Wildman–Crippen MR) is 119 cm³/mol. The van der Waals surface area contributed by atoms with Crippen molar-refractivity contribution in [2.45, 2.75) is 98.0 Å². The lowest BCUT2D eigenvalue weighted by Gasteiger charge is -2.60. The van der Waals surface area contributed by atoms with Gasteiger partial charge in [-0.05, 0) is 111 Å². The normalized spacial score (nSPS) is 50.4. The fourth-order valence-electron chi connectivity index (χ4n) is 8.51. The van der Waals surface area contributed by atoms with Crippen LogP contribution < -0.4 is 0 Å². The van der Waals surface area contributed by atoms with Gasteiger partial charge in [-0.1, -0.05) is 51.2 Å². The summed E-state index contributed by atoms with van der Waals surface area (Å²) in [7, 11) is 0. The molecule has 0 spiro atoms. The number of hydrogen-bond acceptors (Lipinski definition) is 1. The Morgan fingerprint density at radius 1 is 0.929 bits per heavy atom. The Bertz CT molecular complexity index is 699. The van der Waals surface area contributed by atoms with Crippen LogP contribution in [0.5, 0.6) is 0 Å². The molecule has 5 aliphatic carbocycles. The van der Waals surface area contributed by atoms with E-state index in [2.05, 4.69) is 32.6 Å². The molecule has 1 N–H and O–H groups in total. The van der Waals surface area contributed by atoms with E-state index in [9.17, 15) is 5.11 Å². The predicted octanol–water partition coefficient (Wildman–Crippen LogP) is 7.23. The van der Waals surface area contributed by atoms with E-state index in [0.29, 0.717) is 10.8 Å². The Kier molecular flexibility index (Phi) is 5.22. The molecule has 0 heterocycles. The van der Waals surface area contributed by atoms with Crippen molar-refractivity contribution >= 4 is 0 Å². The lowest BCUT2D eigenvalue weighted by atomic mass is 9.45. The molecule has 0 aromatic rings. The highest BCUT2D eigenvalue weighted by molar-refractivity contribution is 5.40. The van der Waals surface area contributed by atoms with E-state index in [0.717, 1.165) is 42.9 Å². The first-order chi connectivity index (χ1) is 12.9. The molecular weight excluding hydrogens is 340 g/mol. The smallest absolute Gasteiger partial charge is 0.0543 e. The molecular formula is C27H42O. The first-order valence-electron chi connectivity index (χ1n) is 11.7. The molecule has 5 aliphatic rings. The zero-order valence-electron chi connectivity index (χ0n) is 17.5. The van der Waals surface area contributed by atoms with Gasteiger partial charge >= 0.3 is 0 Å². The van der Waals surface area contributed by atoms with Crippen LogP contribution in [0.3, 0.4) is 0 Å². The van der Waals surface area contributed by atoms with Crippen molar-refractivity contribution in [2.24, 2.45) is 34.5 Å². The summed E-state index contributed by atoms with van der Waals surface area (Å²) >= 11 is 0. The second kappa shape index (κ2) is 7.15. The molecule has 5 rings (SSSR count). The van der Waals surface area contributed by atoms with Crippen LogP contribution >= 0.6 is 0 Å². The molecule has 1 nitrogen and oxygen atoms in total. The highest BCUT2D eigenvalue weighted by atomic mass is 16.3. The van der Waals surface area contributed by atoms with Crippen molar-refractivity contribution < 1.29 is 5.11 Å². The number of hydrogen-bond donors (Lipinski definition) is 1. The van der Waals surface area contributed by atoms with Gasteiger partial charge in [0.25, 0.3) is 0 Å². The van der Waals surface area contributed by atoms with Gasteiger partial charge in [0, 0.05) is 0 Å². The number of rotatable bonds is 0. The monoisotopic (exact) mass is 382 g/mol. The molecule has 156 valence electrons. The van der Waals surface area contributed by atoms with Crippen LogP contribution in [0.25, 0.3) is 0 Å². The van der Waals surface area contributed by atoms with E-state index < -0.39 is 0 Å². The molecule has 0 amide bonds. The minimum absolute atomic E-state index is 0. The Hall–Kier alpha value is -0.820. The number of allylic oxidation sites excluding steroid dienone is 5. The van der Waals surface area contributed by atoms with Crippen LogP contribution in [0, 0.1) is 34.5 Å². The van der Waals surface area contributed by atoms with E-state index in [4.69, 9.17) is 0 Å². The Morgan fingerprint density at radius 3 is 2.50 bits per heavy atom. The van der Waals surface area contributed by atoms with Crippen LogP contribution in [0.15, 0.2) is 35.5 Å². The summed E-state index contributed by atoms with van der Waals surface area (Å²) in [6, 6.07) is 0. The summed E-state index contributed by atoms with van der Waals surface area (Å²) in [4.78, 5) is 0. The second-order valence-corrected chi connectivity index (χ2v) is 11.1. The average molecular weight is 383 g/mol. The van der Waals surface area contributed by atoms with Crippen LogP contribution in [0.2, 0.25) is 0 Å². The molecule has 4 fully saturated rings. The van der Waals surface area contributed by atoms with Crippen LogP contribution in [0.4, 0.5) is 0 Å². The summed E-state index contributed by atoms with van der Waals surface area (Å²) in [6.07, 6.45) is 18.8. The molecule has 6 unspecified atom stereocenters. The molecule has 4 saturated carbocycles. The standard InChI is InChI=1S/C26H38O.CH4/c1-17-4-6-18(7-5-17)22-10-11-23-21-9-8-19-16-20(27)12-14-25(19,2)24(21)13-15-26(22,23)3;/h4,6,19-21,23-24,27H,1,5,7-16H2,2-3H3;1H4/b22-18+;/t19?,20-,21?,23?,24?,25?,26?;/m0./s1. The largest absolute Gasteiger partial charge is 0.393 e. The van der Waals surface area contributed by atoms with Gasteiger partial charge in [0.2, 0.25) is 0 Å². The minimum atomic E-state index is -0.0239. The number of fused-ring (bicyclic) bond motifs is 5. The quantitative estimate of drug-likeness (QED) is 0.468. The fourth-order valence-corrected chi connectivity index (χ4v) is 8.51. The Labute approximate surface area is 173 Å². The fraction of sp³-hybridized carbons (Fsp3) is 0.778. The van der Waals surface area contributed by atoms with Crippen LogP contribution in [-0.4, -0.2) is 11.2 Å². The zero-order chi connectivity index (χ0) is 18.8. The SMILES string of the molecule is C.C=C1C=C/C(=C2/CCC3C4CCC5C[C@@H](O)CCC5(C)C4CCC23C)CC1. The molecule has 0 aliphatic heterocycles. The molecule has 0 radical (unpaired) electrons. The molecule has 0 bridgehead atoms. The third-order valence-electron chi connectivity index (χ3n) is 10.0. The molecule has 0 aromatic heterocycles. The van der Waals surface area contributed by atoms with E-state index >= 15 is 0 Å². The summed E-state index contributed by atoms with van der Waals surface area (Å²) in [5.74, 6) is 3.52. The maximum Gasteiger partial charge on any atom is 0.0543 e. The number of aliphatic hydroxyl groups excluding tert-OH is 1. The first-order valence-corrected chi connectivity index (χ1v) is 11.7. The summed E-state index contributed by atoms with van der Waals surface area (Å²) in [6.45, 7) is 9.38. The van der Waals surface area contributed by atoms with Crippen molar-refractivity contribution in [1.29, 1.82) is 0 Å². The van der Waals surface area contributed by atoms with Gasteiger partial charge in [-0.3, -0.25) is 0 Å². The third kappa shape index (κ3) is 2.91. The van der Waals surface area contributed by atoms with Gasteiger partial charge in [-0.25, -0.2) is 0 Å². The summed E-state index contributed by atoms with van der Waals surface area (Å²) < 4.78 is 0. The topological polar surface area (TPSA) is 20.2 Å². The molecule has 7 atom stereocenters. The van der Waals surface area contributed by atoms with Crippen molar-refractivity contribution in [3.05, 3.63) is 35.5 Å². The molecule has 28 heavy (non-hydrogen) atoms. The van der Waals surface area contributed by atoms with Crippen molar-refractivity contribution in [3.8, 4) is 0 Å². The van der Waals surface area contributed by atoms with E-state index in [1.54, 1.807) is 5.57 Å². The Balaban J connectivity index is 0.00000192. The first kappa shape index (κ1) is 20.5.